The molecule has 2 aliphatic rings. The molecule has 0 radical (unpaired) electrons. The van der Waals surface area contributed by atoms with Gasteiger partial charge in [-0.05, 0) is 33.5 Å². The standard InChI is InChI=1S/C18H14N5/c19-12-23-17(21-13-22-23)10-9-15-7-4-8-16(18(15)23)20-11-14-5-2-1-3-6-14/h1-10,13,20H,11H2/q+1. The molecule has 1 N–H and O–H groups in total. The van der Waals surface area contributed by atoms with Gasteiger partial charge in [0.2, 0.25) is 5.69 Å². The molecule has 0 saturated carbocycles. The molecular weight excluding hydrogens is 286 g/mol. The molecule has 5 heteroatoms. The van der Waals surface area contributed by atoms with Gasteiger partial charge in [0.15, 0.2) is 6.34 Å². The molecule has 110 valence electrons. The van der Waals surface area contributed by atoms with Gasteiger partial charge in [-0.25, -0.2) is 0 Å². The highest BCUT2D eigenvalue weighted by Crippen LogP contribution is 2.41. The van der Waals surface area contributed by atoms with Crippen LogP contribution in [-0.4, -0.2) is 12.2 Å². The van der Waals surface area contributed by atoms with E-state index in [0.717, 1.165) is 16.9 Å². The number of hydrogen-bond donors (Lipinski definition) is 1. The molecule has 1 atom stereocenters. The Hall–Kier alpha value is -3.23. The fourth-order valence-corrected chi connectivity index (χ4v) is 2.91. The van der Waals surface area contributed by atoms with Crippen molar-refractivity contribution in [1.29, 1.82) is 5.26 Å². The van der Waals surface area contributed by atoms with Gasteiger partial charge >= 0.3 is 6.19 Å². The molecule has 1 unspecified atom stereocenters. The number of amidine groups is 1. The van der Waals surface area contributed by atoms with E-state index in [9.17, 15) is 5.26 Å². The van der Waals surface area contributed by atoms with Gasteiger partial charge in [0, 0.05) is 18.2 Å². The van der Waals surface area contributed by atoms with E-state index in [1.54, 1.807) is 0 Å². The van der Waals surface area contributed by atoms with Crippen LogP contribution in [0.4, 0.5) is 11.4 Å². The minimum absolute atomic E-state index is 0.246. The van der Waals surface area contributed by atoms with Crippen molar-refractivity contribution in [3.63, 3.8) is 0 Å². The summed E-state index contributed by atoms with van der Waals surface area (Å²) in [4.78, 5) is 4.22. The van der Waals surface area contributed by atoms with E-state index in [-0.39, 0.29) is 4.59 Å². The Bertz CT molecular complexity index is 889. The molecule has 2 heterocycles. The van der Waals surface area contributed by atoms with Gasteiger partial charge < -0.3 is 5.32 Å². The lowest BCUT2D eigenvalue weighted by Crippen LogP contribution is -2.44. The molecule has 0 bridgehead atoms. The van der Waals surface area contributed by atoms with E-state index in [4.69, 9.17) is 0 Å². The summed E-state index contributed by atoms with van der Waals surface area (Å²) in [5, 5.41) is 17.5. The zero-order chi connectivity index (χ0) is 15.7. The van der Waals surface area contributed by atoms with Gasteiger partial charge in [0.25, 0.3) is 5.84 Å². The summed E-state index contributed by atoms with van der Waals surface area (Å²) in [6.45, 7) is 0.683. The van der Waals surface area contributed by atoms with Crippen LogP contribution in [0.2, 0.25) is 0 Å². The highest BCUT2D eigenvalue weighted by molar-refractivity contribution is 6.15. The third-order valence-electron chi connectivity index (χ3n) is 4.02. The summed E-state index contributed by atoms with van der Waals surface area (Å²) in [6, 6.07) is 16.1. The van der Waals surface area contributed by atoms with Crippen molar-refractivity contribution >= 4 is 29.6 Å². The Morgan fingerprint density at radius 2 is 1.91 bits per heavy atom. The fraction of sp³-hybridized carbons (Fsp3) is 0.0556. The third kappa shape index (κ3) is 2.05. The fourth-order valence-electron chi connectivity index (χ4n) is 2.91. The maximum atomic E-state index is 9.77. The van der Waals surface area contributed by atoms with E-state index < -0.39 is 0 Å². The van der Waals surface area contributed by atoms with Crippen LogP contribution in [0.25, 0.3) is 6.08 Å². The van der Waals surface area contributed by atoms with E-state index >= 15 is 0 Å². The van der Waals surface area contributed by atoms with E-state index in [0.29, 0.717) is 12.4 Å². The number of nitrogens with zero attached hydrogens (tertiary/aromatic N) is 4. The number of quaternary nitrogens is 1. The summed E-state index contributed by atoms with van der Waals surface area (Å²) in [6.07, 6.45) is 7.57. The summed E-state index contributed by atoms with van der Waals surface area (Å²) in [5.41, 5.74) is 3.87. The van der Waals surface area contributed by atoms with E-state index in [1.807, 2.05) is 48.6 Å². The molecule has 2 aromatic rings. The van der Waals surface area contributed by atoms with Crippen LogP contribution < -0.4 is 9.91 Å². The zero-order valence-corrected chi connectivity index (χ0v) is 12.3. The summed E-state index contributed by atoms with van der Waals surface area (Å²) in [5.74, 6) is 0.619. The van der Waals surface area contributed by atoms with Crippen molar-refractivity contribution in [2.45, 2.75) is 6.54 Å². The van der Waals surface area contributed by atoms with E-state index in [1.165, 1.54) is 11.9 Å². The average molecular weight is 300 g/mol. The molecule has 0 fully saturated rings. The third-order valence-corrected chi connectivity index (χ3v) is 4.02. The van der Waals surface area contributed by atoms with Gasteiger partial charge in [0.1, 0.15) is 5.69 Å². The van der Waals surface area contributed by atoms with Gasteiger partial charge in [-0.2, -0.15) is 4.99 Å². The SMILES string of the molecule is N#C[N+]12N=CN=C1C=Cc1cccc(NCc3ccccc3)c12. The lowest BCUT2D eigenvalue weighted by molar-refractivity contribution is 0.612. The Labute approximate surface area is 134 Å². The van der Waals surface area contributed by atoms with Crippen LogP contribution in [0.3, 0.4) is 0 Å². The van der Waals surface area contributed by atoms with Crippen molar-refractivity contribution in [1.82, 2.24) is 4.59 Å². The maximum absolute atomic E-state index is 9.77. The van der Waals surface area contributed by atoms with Crippen molar-refractivity contribution in [3.8, 4) is 6.19 Å². The Balaban J connectivity index is 1.76. The molecule has 0 spiro atoms. The molecule has 0 saturated heterocycles. The molecule has 4 rings (SSSR count). The molecule has 2 aliphatic heterocycles. The molecule has 2 aromatic carbocycles. The number of rotatable bonds is 3. The van der Waals surface area contributed by atoms with Gasteiger partial charge in [-0.3, -0.25) is 0 Å². The second-order valence-electron chi connectivity index (χ2n) is 5.37. The predicted octanol–water partition coefficient (Wildman–Crippen LogP) is 3.47. The molecule has 23 heavy (non-hydrogen) atoms. The van der Waals surface area contributed by atoms with Gasteiger partial charge in [0.05, 0.1) is 0 Å². The first-order valence-corrected chi connectivity index (χ1v) is 7.36. The summed E-state index contributed by atoms with van der Waals surface area (Å²) >= 11 is 0. The minimum atomic E-state index is -0.246. The second-order valence-corrected chi connectivity index (χ2v) is 5.37. The summed E-state index contributed by atoms with van der Waals surface area (Å²) in [7, 11) is 0. The molecule has 0 amide bonds. The zero-order valence-electron chi connectivity index (χ0n) is 12.3. The quantitative estimate of drug-likeness (QED) is 0.697. The van der Waals surface area contributed by atoms with Crippen LogP contribution in [-0.2, 0) is 6.54 Å². The number of fused-ring (bicyclic) bond motifs is 3. The van der Waals surface area contributed by atoms with Crippen LogP contribution in [0.15, 0.2) is 64.7 Å². The van der Waals surface area contributed by atoms with Gasteiger partial charge in [-0.15, -0.1) is 5.26 Å². The number of anilines is 1. The molecular formula is C18H14N5+. The highest BCUT2D eigenvalue weighted by atomic mass is 15.7. The van der Waals surface area contributed by atoms with Crippen LogP contribution in [0.1, 0.15) is 11.1 Å². The maximum Gasteiger partial charge on any atom is 0.351 e. The number of hydrogen-bond acceptors (Lipinski definition) is 4. The molecule has 0 aliphatic carbocycles. The Morgan fingerprint density at radius 3 is 2.74 bits per heavy atom. The smallest absolute Gasteiger partial charge is 0.351 e. The van der Waals surface area contributed by atoms with Crippen LogP contribution in [0, 0.1) is 11.5 Å². The second kappa shape index (κ2) is 5.20. The number of nitriles is 1. The first-order chi connectivity index (χ1) is 11.3. The van der Waals surface area contributed by atoms with Crippen LogP contribution >= 0.6 is 0 Å². The molecule has 5 nitrogen and oxygen atoms in total. The Morgan fingerprint density at radius 1 is 1.04 bits per heavy atom. The van der Waals surface area contributed by atoms with E-state index in [2.05, 4.69) is 33.7 Å². The van der Waals surface area contributed by atoms with Crippen molar-refractivity contribution in [2.24, 2.45) is 10.1 Å². The minimum Gasteiger partial charge on any atom is -0.376 e. The largest absolute Gasteiger partial charge is 0.376 e. The first kappa shape index (κ1) is 13.4. The number of para-hydroxylation sites is 1. The highest BCUT2D eigenvalue weighted by Gasteiger charge is 2.46. The van der Waals surface area contributed by atoms with Crippen molar-refractivity contribution in [2.75, 3.05) is 5.32 Å². The van der Waals surface area contributed by atoms with Crippen molar-refractivity contribution < 1.29 is 0 Å². The number of aliphatic imine (C=N–C) groups is 1. The lowest BCUT2D eigenvalue weighted by Gasteiger charge is -2.25. The normalized spacial score (nSPS) is 20.4. The monoisotopic (exact) mass is 300 g/mol. The van der Waals surface area contributed by atoms with Gasteiger partial charge in [-0.1, -0.05) is 36.4 Å². The molecule has 0 aromatic heterocycles. The first-order valence-electron chi connectivity index (χ1n) is 7.36. The average Bonchev–Trinajstić information content (AvgIpc) is 3.05. The van der Waals surface area contributed by atoms with Crippen LogP contribution in [0.5, 0.6) is 0 Å². The number of nitrogens with one attached hydrogen (secondary N) is 1. The lowest BCUT2D eigenvalue weighted by atomic mass is 10.0. The topological polar surface area (TPSA) is 60.5 Å². The predicted molar refractivity (Wildman–Crippen MR) is 92.6 cm³/mol. The Kier molecular flexibility index (Phi) is 3.04. The number of benzene rings is 2. The summed E-state index contributed by atoms with van der Waals surface area (Å²) < 4.78 is -0.246. The van der Waals surface area contributed by atoms with Crippen molar-refractivity contribution in [3.05, 3.63) is 65.7 Å².